The van der Waals surface area contributed by atoms with Gasteiger partial charge in [0.25, 0.3) is 0 Å². The number of benzene rings is 2. The lowest BCUT2D eigenvalue weighted by Crippen LogP contribution is -1.92. The summed E-state index contributed by atoms with van der Waals surface area (Å²) in [4.78, 5) is 0. The highest BCUT2D eigenvalue weighted by Crippen LogP contribution is 2.25. The average molecular weight is 249 g/mol. The van der Waals surface area contributed by atoms with Gasteiger partial charge in [-0.15, -0.1) is 0 Å². The molecule has 1 nitrogen and oxygen atoms in total. The highest BCUT2D eigenvalue weighted by molar-refractivity contribution is 5.64. The van der Waals surface area contributed by atoms with E-state index in [1.165, 1.54) is 24.0 Å². The SMILES string of the molecule is CCC[C@H](C)c1ccc(-c2ccc(C#N)cc2)cc1. The molecule has 0 aliphatic rings. The molecule has 1 heteroatoms. The molecule has 0 spiro atoms. The predicted octanol–water partition coefficient (Wildman–Crippen LogP) is 5.13. The van der Waals surface area contributed by atoms with Crippen LogP contribution in [-0.2, 0) is 0 Å². The molecule has 0 saturated heterocycles. The molecule has 2 aromatic carbocycles. The second kappa shape index (κ2) is 6.20. The molecule has 19 heavy (non-hydrogen) atoms. The summed E-state index contributed by atoms with van der Waals surface area (Å²) >= 11 is 0. The Labute approximate surface area is 115 Å². The fourth-order valence-corrected chi connectivity index (χ4v) is 2.34. The third-order valence-electron chi connectivity index (χ3n) is 3.55. The van der Waals surface area contributed by atoms with Gasteiger partial charge in [0.15, 0.2) is 0 Å². The highest BCUT2D eigenvalue weighted by Gasteiger charge is 2.04. The first-order chi connectivity index (χ1) is 9.24. The van der Waals surface area contributed by atoms with Crippen molar-refractivity contribution in [1.29, 1.82) is 5.26 Å². The molecule has 0 bridgehead atoms. The van der Waals surface area contributed by atoms with Crippen molar-refractivity contribution in [2.75, 3.05) is 0 Å². The number of rotatable bonds is 4. The topological polar surface area (TPSA) is 23.8 Å². The van der Waals surface area contributed by atoms with Crippen molar-refractivity contribution in [2.45, 2.75) is 32.6 Å². The van der Waals surface area contributed by atoms with Crippen molar-refractivity contribution in [1.82, 2.24) is 0 Å². The molecular formula is C18H19N. The van der Waals surface area contributed by atoms with E-state index in [9.17, 15) is 0 Å². The van der Waals surface area contributed by atoms with E-state index >= 15 is 0 Å². The second-order valence-corrected chi connectivity index (χ2v) is 5.00. The Kier molecular flexibility index (Phi) is 4.36. The van der Waals surface area contributed by atoms with Gasteiger partial charge in [-0.3, -0.25) is 0 Å². The van der Waals surface area contributed by atoms with Crippen LogP contribution in [0.1, 0.15) is 43.7 Å². The Morgan fingerprint density at radius 3 is 1.95 bits per heavy atom. The molecular weight excluding hydrogens is 230 g/mol. The summed E-state index contributed by atoms with van der Waals surface area (Å²) < 4.78 is 0. The monoisotopic (exact) mass is 249 g/mol. The number of nitrogens with zero attached hydrogens (tertiary/aromatic N) is 1. The normalized spacial score (nSPS) is 11.8. The molecule has 0 fully saturated rings. The largest absolute Gasteiger partial charge is 0.192 e. The summed E-state index contributed by atoms with van der Waals surface area (Å²) in [6.07, 6.45) is 2.45. The van der Waals surface area contributed by atoms with E-state index in [0.29, 0.717) is 11.5 Å². The Morgan fingerprint density at radius 2 is 1.47 bits per heavy atom. The number of hydrogen-bond donors (Lipinski definition) is 0. The maximum atomic E-state index is 8.80. The van der Waals surface area contributed by atoms with Crippen molar-refractivity contribution < 1.29 is 0 Å². The Morgan fingerprint density at radius 1 is 0.947 bits per heavy atom. The van der Waals surface area contributed by atoms with Gasteiger partial charge >= 0.3 is 0 Å². The van der Waals surface area contributed by atoms with Crippen molar-refractivity contribution in [2.24, 2.45) is 0 Å². The van der Waals surface area contributed by atoms with Crippen LogP contribution in [0.4, 0.5) is 0 Å². The van der Waals surface area contributed by atoms with Crippen LogP contribution in [0, 0.1) is 11.3 Å². The van der Waals surface area contributed by atoms with E-state index in [4.69, 9.17) is 5.26 Å². The van der Waals surface area contributed by atoms with E-state index in [0.717, 1.165) is 5.56 Å². The van der Waals surface area contributed by atoms with Gasteiger partial charge in [0.05, 0.1) is 11.6 Å². The first-order valence-electron chi connectivity index (χ1n) is 6.85. The first kappa shape index (κ1) is 13.4. The van der Waals surface area contributed by atoms with Gasteiger partial charge in [0, 0.05) is 0 Å². The lowest BCUT2D eigenvalue weighted by Gasteiger charge is -2.11. The van der Waals surface area contributed by atoms with Crippen molar-refractivity contribution in [3.63, 3.8) is 0 Å². The van der Waals surface area contributed by atoms with Crippen LogP contribution in [0.5, 0.6) is 0 Å². The van der Waals surface area contributed by atoms with Gasteiger partial charge in [0.2, 0.25) is 0 Å². The smallest absolute Gasteiger partial charge is 0.0991 e. The Bertz CT molecular complexity index is 558. The average Bonchev–Trinajstić information content (AvgIpc) is 2.48. The maximum Gasteiger partial charge on any atom is 0.0991 e. The molecule has 0 radical (unpaired) electrons. The summed E-state index contributed by atoms with van der Waals surface area (Å²) in [6, 6.07) is 18.6. The molecule has 0 aromatic heterocycles. The van der Waals surface area contributed by atoms with E-state index in [1.807, 2.05) is 24.3 Å². The minimum absolute atomic E-state index is 0.625. The zero-order valence-corrected chi connectivity index (χ0v) is 11.6. The molecule has 0 aliphatic heterocycles. The van der Waals surface area contributed by atoms with E-state index < -0.39 is 0 Å². The quantitative estimate of drug-likeness (QED) is 0.737. The fourth-order valence-electron chi connectivity index (χ4n) is 2.34. The molecule has 0 amide bonds. The van der Waals surface area contributed by atoms with Crippen LogP contribution in [0.3, 0.4) is 0 Å². The summed E-state index contributed by atoms with van der Waals surface area (Å²) in [5, 5.41) is 8.80. The van der Waals surface area contributed by atoms with Crippen molar-refractivity contribution in [3.8, 4) is 17.2 Å². The van der Waals surface area contributed by atoms with Crippen LogP contribution >= 0.6 is 0 Å². The van der Waals surface area contributed by atoms with Gasteiger partial charge in [-0.05, 0) is 41.2 Å². The first-order valence-corrected chi connectivity index (χ1v) is 6.85. The van der Waals surface area contributed by atoms with Gasteiger partial charge in [-0.25, -0.2) is 0 Å². The minimum atomic E-state index is 0.625. The van der Waals surface area contributed by atoms with E-state index in [1.54, 1.807) is 0 Å². The van der Waals surface area contributed by atoms with Crippen molar-refractivity contribution >= 4 is 0 Å². The van der Waals surface area contributed by atoms with E-state index in [2.05, 4.69) is 44.2 Å². The fraction of sp³-hybridized carbons (Fsp3) is 0.278. The molecule has 2 aromatic rings. The molecule has 0 aliphatic carbocycles. The Hall–Kier alpha value is -2.07. The zero-order chi connectivity index (χ0) is 13.7. The lowest BCUT2D eigenvalue weighted by atomic mass is 9.94. The molecule has 0 unspecified atom stereocenters. The molecule has 96 valence electrons. The standard InChI is InChI=1S/C18H19N/c1-3-4-14(2)16-9-11-18(12-10-16)17-7-5-15(13-19)6-8-17/h5-12,14H,3-4H2,1-2H3/t14-/m0/s1. The molecule has 1 atom stereocenters. The van der Waals surface area contributed by atoms with Gasteiger partial charge in [0.1, 0.15) is 0 Å². The van der Waals surface area contributed by atoms with Crippen LogP contribution in [0.15, 0.2) is 48.5 Å². The van der Waals surface area contributed by atoms with Crippen LogP contribution in [0.2, 0.25) is 0 Å². The van der Waals surface area contributed by atoms with Crippen LogP contribution < -0.4 is 0 Å². The highest BCUT2D eigenvalue weighted by atomic mass is 14.2. The molecule has 2 rings (SSSR count). The summed E-state index contributed by atoms with van der Waals surface area (Å²) in [6.45, 7) is 4.50. The van der Waals surface area contributed by atoms with Gasteiger partial charge in [-0.2, -0.15) is 5.26 Å². The number of nitriles is 1. The van der Waals surface area contributed by atoms with Gasteiger partial charge < -0.3 is 0 Å². The maximum absolute atomic E-state index is 8.80. The van der Waals surface area contributed by atoms with Crippen molar-refractivity contribution in [3.05, 3.63) is 59.7 Å². The number of hydrogen-bond acceptors (Lipinski definition) is 1. The second-order valence-electron chi connectivity index (χ2n) is 5.00. The zero-order valence-electron chi connectivity index (χ0n) is 11.6. The molecule has 0 N–H and O–H groups in total. The Balaban J connectivity index is 2.20. The summed E-state index contributed by atoms with van der Waals surface area (Å²) in [7, 11) is 0. The molecule has 0 saturated carbocycles. The predicted molar refractivity (Wildman–Crippen MR) is 79.9 cm³/mol. The summed E-state index contributed by atoms with van der Waals surface area (Å²) in [5.74, 6) is 0.625. The van der Waals surface area contributed by atoms with Crippen LogP contribution in [0.25, 0.3) is 11.1 Å². The van der Waals surface area contributed by atoms with Gasteiger partial charge in [-0.1, -0.05) is 56.7 Å². The van der Waals surface area contributed by atoms with E-state index in [-0.39, 0.29) is 0 Å². The third kappa shape index (κ3) is 3.23. The third-order valence-corrected chi connectivity index (χ3v) is 3.55. The van der Waals surface area contributed by atoms with Crippen LogP contribution in [-0.4, -0.2) is 0 Å². The summed E-state index contributed by atoms with van der Waals surface area (Å²) in [5.41, 5.74) is 4.47. The molecule has 0 heterocycles. The minimum Gasteiger partial charge on any atom is -0.192 e. The lowest BCUT2D eigenvalue weighted by molar-refractivity contribution is 0.665.